The van der Waals surface area contributed by atoms with E-state index in [1.807, 2.05) is 72.8 Å². The van der Waals surface area contributed by atoms with Crippen LogP contribution in [0.2, 0.25) is 0 Å². The minimum Gasteiger partial charge on any atom is -0.489 e. The van der Waals surface area contributed by atoms with Crippen LogP contribution in [0.4, 0.5) is 0 Å². The summed E-state index contributed by atoms with van der Waals surface area (Å²) in [6.45, 7) is 5.48. The Morgan fingerprint density at radius 2 is 0.286 bits per heavy atom. The van der Waals surface area contributed by atoms with Crippen molar-refractivity contribution in [2.75, 3.05) is 217 Å². The zero-order chi connectivity index (χ0) is 79.1. The van der Waals surface area contributed by atoms with Crippen LogP contribution in [0.1, 0.15) is 38.9 Å². The maximum absolute atomic E-state index is 10.7. The molecule has 7 aromatic rings. The average Bonchev–Trinajstić information content (AvgIpc) is 0.844. The van der Waals surface area contributed by atoms with Crippen molar-refractivity contribution in [2.45, 2.75) is 46.2 Å². The van der Waals surface area contributed by atoms with Gasteiger partial charge in [-0.1, -0.05) is 0 Å². The highest BCUT2D eigenvalue weighted by molar-refractivity contribution is 5.46. The summed E-state index contributed by atoms with van der Waals surface area (Å²) in [7, 11) is 12.7. The summed E-state index contributed by atoms with van der Waals surface area (Å²) in [5.41, 5.74) is 4.63. The molecule has 7 rings (SSSR count). The number of hydrogen-bond donors (Lipinski definition) is 1. The predicted octanol–water partition coefficient (Wildman–Crippen LogP) is 10.6. The molecule has 31 heteroatoms. The Labute approximate surface area is 654 Å². The number of hydrogen-bond acceptors (Lipinski definition) is 31. The molecule has 112 heavy (non-hydrogen) atoms. The molecule has 0 atom stereocenters. The van der Waals surface area contributed by atoms with Gasteiger partial charge >= 0.3 is 0 Å². The molecule has 31 nitrogen and oxygen atoms in total. The molecular weight excluding hydrogens is 1470 g/mol. The molecule has 0 saturated heterocycles. The normalized spacial score (nSPS) is 11.2. The molecule has 0 heterocycles. The van der Waals surface area contributed by atoms with Crippen molar-refractivity contribution in [3.05, 3.63) is 166 Å². The van der Waals surface area contributed by atoms with Gasteiger partial charge in [-0.15, -0.1) is 0 Å². The van der Waals surface area contributed by atoms with Gasteiger partial charge in [-0.05, 0) is 124 Å². The Kier molecular flexibility index (Phi) is 45.4. The van der Waals surface area contributed by atoms with Crippen LogP contribution < -0.4 is 66.3 Å². The molecule has 0 saturated carbocycles. The minimum absolute atomic E-state index is 0.00282. The molecule has 0 amide bonds. The van der Waals surface area contributed by atoms with Crippen LogP contribution in [0, 0.1) is 0 Å². The number of methoxy groups -OCH3 is 8. The van der Waals surface area contributed by atoms with Crippen molar-refractivity contribution in [2.24, 2.45) is 0 Å². The summed E-state index contributed by atoms with van der Waals surface area (Å²) in [4.78, 5) is 0. The Balaban J connectivity index is 1.16. The lowest BCUT2D eigenvalue weighted by Gasteiger charge is -2.17. The zero-order valence-corrected chi connectivity index (χ0v) is 65.2. The molecule has 7 aromatic carbocycles. The minimum atomic E-state index is -0.334. The monoisotopic (exact) mass is 1580 g/mol. The first kappa shape index (κ1) is 90.3. The fourth-order valence-corrected chi connectivity index (χ4v) is 9.66. The fourth-order valence-electron chi connectivity index (χ4n) is 9.66. The molecule has 618 valence electrons. The molecule has 0 aliphatic rings. The first-order valence-corrected chi connectivity index (χ1v) is 36.0. The Morgan fingerprint density at radius 1 is 0.161 bits per heavy atom. The van der Waals surface area contributed by atoms with Crippen LogP contribution in [0.3, 0.4) is 0 Å². The van der Waals surface area contributed by atoms with Crippen LogP contribution in [0.15, 0.2) is 127 Å². The molecule has 0 spiro atoms. The summed E-state index contributed by atoms with van der Waals surface area (Å²) in [6.07, 6.45) is 0. The van der Waals surface area contributed by atoms with Gasteiger partial charge in [0.05, 0.1) is 112 Å². The molecule has 0 aliphatic heterocycles. The number of ether oxygens (including phenoxy) is 30. The summed E-state index contributed by atoms with van der Waals surface area (Å²) in [5, 5.41) is 10.7. The van der Waals surface area contributed by atoms with E-state index in [0.717, 1.165) is 0 Å². The molecule has 0 bridgehead atoms. The third kappa shape index (κ3) is 38.1. The Morgan fingerprint density at radius 3 is 0.411 bits per heavy atom. The molecule has 0 aromatic heterocycles. The van der Waals surface area contributed by atoms with E-state index in [9.17, 15) is 5.11 Å². The number of aliphatic hydroxyl groups excluding tert-OH is 1. The second-order valence-electron chi connectivity index (χ2n) is 23.9. The quantitative estimate of drug-likeness (QED) is 0.0274. The van der Waals surface area contributed by atoms with Crippen molar-refractivity contribution in [1.29, 1.82) is 0 Å². The maximum Gasteiger partial charge on any atom is 0.189 e. The van der Waals surface area contributed by atoms with Crippen LogP contribution in [-0.2, 0) is 122 Å². The molecule has 1 N–H and O–H groups in total. The second-order valence-corrected chi connectivity index (χ2v) is 23.9. The summed E-state index contributed by atoms with van der Waals surface area (Å²) in [6, 6.07) is 37.6. The van der Waals surface area contributed by atoms with E-state index in [2.05, 4.69) is 0 Å². The van der Waals surface area contributed by atoms with E-state index in [-0.39, 0.29) is 101 Å². The summed E-state index contributed by atoms with van der Waals surface area (Å²) < 4.78 is 173. The van der Waals surface area contributed by atoms with Crippen LogP contribution >= 0.6 is 0 Å². The highest BCUT2D eigenvalue weighted by Crippen LogP contribution is 2.34. The highest BCUT2D eigenvalue weighted by atomic mass is 16.7. The van der Waals surface area contributed by atoms with Gasteiger partial charge in [-0.3, -0.25) is 0 Å². The van der Waals surface area contributed by atoms with E-state index in [1.165, 1.54) is 0 Å². The van der Waals surface area contributed by atoms with E-state index in [0.29, 0.717) is 225 Å². The third-order valence-corrected chi connectivity index (χ3v) is 15.1. The number of benzene rings is 7. The van der Waals surface area contributed by atoms with Gasteiger partial charge in [-0.25, -0.2) is 0 Å². The summed E-state index contributed by atoms with van der Waals surface area (Å²) >= 11 is 0. The molecule has 0 unspecified atom stereocenters. The predicted molar refractivity (Wildman–Crippen MR) is 404 cm³/mol. The van der Waals surface area contributed by atoms with Crippen molar-refractivity contribution < 1.29 is 147 Å². The van der Waals surface area contributed by atoms with Gasteiger partial charge in [0.15, 0.2) is 54.3 Å². The van der Waals surface area contributed by atoms with Crippen LogP contribution in [0.5, 0.6) is 80.5 Å². The highest BCUT2D eigenvalue weighted by Gasteiger charge is 2.16. The van der Waals surface area contributed by atoms with E-state index in [4.69, 9.17) is 142 Å². The first-order valence-electron chi connectivity index (χ1n) is 36.0. The van der Waals surface area contributed by atoms with Gasteiger partial charge in [0.2, 0.25) is 0 Å². The van der Waals surface area contributed by atoms with Gasteiger partial charge in [0.25, 0.3) is 0 Å². The maximum atomic E-state index is 10.7. The van der Waals surface area contributed by atoms with E-state index >= 15 is 0 Å². The molecular formula is C81H108O31. The van der Waals surface area contributed by atoms with Gasteiger partial charge in [0, 0.05) is 99.3 Å². The lowest BCUT2D eigenvalue weighted by Crippen LogP contribution is -2.10. The Bertz CT molecular complexity index is 3100. The van der Waals surface area contributed by atoms with Crippen molar-refractivity contribution >= 4 is 0 Å². The van der Waals surface area contributed by atoms with Crippen molar-refractivity contribution in [3.8, 4) is 80.5 Å². The SMILES string of the molecule is COCCOCOc1cc(COc2cc(COc3cc(CO)cc(OCc4cc(OCc5cc(OCOCCOC)cc(OCOCCOC)c5)cc(OCc5cc(OCOCCOC)cc(OCOCCOC)c5)c4)c3)cc(OCc3cc(OCOCCOC)cc(OCOCCOC)c3)c2)cc(OCOCCOC)c1. The molecule has 0 fully saturated rings. The van der Waals surface area contributed by atoms with Gasteiger partial charge < -0.3 is 147 Å². The van der Waals surface area contributed by atoms with Crippen molar-refractivity contribution in [1.82, 2.24) is 0 Å². The fraction of sp³-hybridized carbons (Fsp3) is 0.481. The number of aliphatic hydroxyl groups is 1. The number of rotatable bonds is 67. The average molecular weight is 1580 g/mol. The first-order chi connectivity index (χ1) is 55.1. The standard InChI is InChI=1S/C81H108O31/c1-83-9-17-91-53-105-74-31-64(32-75(42-74)106-54-92-18-10-84-2)49-101-70-27-62(28-71(40-70)102-50-65-33-76(107-55-93-19-11-85-3)43-77(34-65)108-56-94-20-12-86-4)47-99-68-25-61(46-82)26-69(39-68)100-48-63-29-72(103-51-66-35-78(109-57-95-21-13-87-5)44-79(36-66)110-58-96-22-14-88-6)41-73(30-63)104-52-67-37-80(111-59-97-23-15-89-7)45-81(38-67)112-60-98-24-16-90-8/h25-45,82H,9-24,46-60H2,1-8H3. The van der Waals surface area contributed by atoms with E-state index < -0.39 is 0 Å². The van der Waals surface area contributed by atoms with Crippen LogP contribution in [0.25, 0.3) is 0 Å². The third-order valence-electron chi connectivity index (χ3n) is 15.1. The smallest absolute Gasteiger partial charge is 0.189 e. The lowest BCUT2D eigenvalue weighted by atomic mass is 10.1. The lowest BCUT2D eigenvalue weighted by molar-refractivity contribution is -0.0119. The topological polar surface area (TPSA) is 297 Å². The molecule has 0 radical (unpaired) electrons. The largest absolute Gasteiger partial charge is 0.489 e. The van der Waals surface area contributed by atoms with E-state index in [1.54, 1.807) is 111 Å². The molecule has 0 aliphatic carbocycles. The van der Waals surface area contributed by atoms with Crippen LogP contribution in [-0.4, -0.2) is 222 Å². The van der Waals surface area contributed by atoms with Gasteiger partial charge in [-0.2, -0.15) is 0 Å². The summed E-state index contributed by atoms with van der Waals surface area (Å²) in [5.74, 6) is 6.24. The van der Waals surface area contributed by atoms with Crippen molar-refractivity contribution in [3.63, 3.8) is 0 Å². The zero-order valence-electron chi connectivity index (χ0n) is 65.2. The second kappa shape index (κ2) is 56.3. The van der Waals surface area contributed by atoms with Gasteiger partial charge in [0.1, 0.15) is 120 Å². The Hall–Kier alpha value is -8.94.